The molecule has 38 heavy (non-hydrogen) atoms. The number of nitrogens with one attached hydrogen (secondary N) is 1. The van der Waals surface area contributed by atoms with E-state index in [0.717, 1.165) is 38.9 Å². The quantitative estimate of drug-likeness (QED) is 0.397. The highest BCUT2D eigenvalue weighted by Gasteiger charge is 2.48. The maximum atomic E-state index is 15.5. The number of anilines is 1. The van der Waals surface area contributed by atoms with Crippen molar-refractivity contribution in [2.75, 3.05) is 24.5 Å². The minimum absolute atomic E-state index is 0.00488. The van der Waals surface area contributed by atoms with E-state index in [9.17, 15) is 4.79 Å². The van der Waals surface area contributed by atoms with E-state index in [1.807, 2.05) is 27.7 Å². The Morgan fingerprint density at radius 1 is 1.26 bits per heavy atom. The predicted molar refractivity (Wildman–Crippen MR) is 150 cm³/mol. The molecule has 0 radical (unpaired) electrons. The average Bonchev–Trinajstić information content (AvgIpc) is 3.39. The van der Waals surface area contributed by atoms with Gasteiger partial charge in [0.2, 0.25) is 0 Å². The number of carbonyl (C=O) groups excluding carboxylic acids is 1. The van der Waals surface area contributed by atoms with Crippen LogP contribution in [0.5, 0.6) is 6.01 Å². The predicted octanol–water partition coefficient (Wildman–Crippen LogP) is 6.07. The Balaban J connectivity index is 1.45. The third-order valence-electron chi connectivity index (χ3n) is 7.54. The summed E-state index contributed by atoms with van der Waals surface area (Å²) in [6.45, 7) is 10.4. The van der Waals surface area contributed by atoms with Crippen LogP contribution < -0.4 is 15.0 Å². The Bertz CT molecular complexity index is 1210. The van der Waals surface area contributed by atoms with Gasteiger partial charge >= 0.3 is 12.1 Å². The van der Waals surface area contributed by atoms with E-state index in [4.69, 9.17) is 26.1 Å². The topological polar surface area (TPSA) is 79.8 Å². The average molecular weight is 613 g/mol. The molecular formula is C27H36BrClFN5O3. The minimum atomic E-state index is -0.580. The van der Waals surface area contributed by atoms with Crippen LogP contribution in [0.15, 0.2) is 10.5 Å². The number of amides is 1. The number of ether oxygens (including phenoxy) is 2. The van der Waals surface area contributed by atoms with Gasteiger partial charge in [-0.25, -0.2) is 9.18 Å². The highest BCUT2D eigenvalue weighted by molar-refractivity contribution is 9.10. The second-order valence-electron chi connectivity index (χ2n) is 11.7. The fourth-order valence-electron chi connectivity index (χ4n) is 6.04. The molecule has 0 spiro atoms. The highest BCUT2D eigenvalue weighted by Crippen LogP contribution is 2.45. The Morgan fingerprint density at radius 2 is 2.00 bits per heavy atom. The molecule has 4 unspecified atom stereocenters. The van der Waals surface area contributed by atoms with Crippen molar-refractivity contribution in [1.29, 1.82) is 0 Å². The van der Waals surface area contributed by atoms with E-state index in [1.165, 1.54) is 19.3 Å². The van der Waals surface area contributed by atoms with Gasteiger partial charge in [-0.3, -0.25) is 4.90 Å². The fourth-order valence-corrected chi connectivity index (χ4v) is 6.54. The van der Waals surface area contributed by atoms with Crippen LogP contribution in [0.4, 0.5) is 15.0 Å². The monoisotopic (exact) mass is 611 g/mol. The molecule has 0 saturated carbocycles. The van der Waals surface area contributed by atoms with Crippen molar-refractivity contribution in [1.82, 2.24) is 20.2 Å². The van der Waals surface area contributed by atoms with Crippen LogP contribution in [0.3, 0.4) is 0 Å². The van der Waals surface area contributed by atoms with Gasteiger partial charge in [0.15, 0.2) is 5.82 Å². The van der Waals surface area contributed by atoms with Crippen LogP contribution in [0.2, 0.25) is 5.02 Å². The number of piperidine rings is 1. The molecule has 1 aromatic carbocycles. The summed E-state index contributed by atoms with van der Waals surface area (Å²) in [7, 11) is 0. The van der Waals surface area contributed by atoms with Gasteiger partial charge in [-0.1, -0.05) is 18.0 Å². The van der Waals surface area contributed by atoms with Crippen LogP contribution in [-0.2, 0) is 4.74 Å². The lowest BCUT2D eigenvalue weighted by atomic mass is 9.96. The molecule has 1 aromatic heterocycles. The SMILES string of the molecule is CC(CN1CCCCC1)Oc1nc(N2C3CCC2C(NC(=O)OC(C)(C)C)C3)c2cc(Cl)c(Br)c(F)c2n1. The summed E-state index contributed by atoms with van der Waals surface area (Å²) in [4.78, 5) is 26.4. The van der Waals surface area contributed by atoms with Crippen LogP contribution >= 0.6 is 27.5 Å². The minimum Gasteiger partial charge on any atom is -0.459 e. The number of hydrogen-bond acceptors (Lipinski definition) is 7. The third kappa shape index (κ3) is 5.82. The van der Waals surface area contributed by atoms with Crippen molar-refractivity contribution in [3.05, 3.63) is 21.4 Å². The molecule has 1 N–H and O–H groups in total. The number of halogens is 3. The molecule has 0 aliphatic carbocycles. The summed E-state index contributed by atoms with van der Waals surface area (Å²) in [6.07, 6.45) is 5.65. The molecule has 3 fully saturated rings. The van der Waals surface area contributed by atoms with Gasteiger partial charge < -0.3 is 19.7 Å². The van der Waals surface area contributed by atoms with Gasteiger partial charge in [-0.2, -0.15) is 9.97 Å². The summed E-state index contributed by atoms with van der Waals surface area (Å²) < 4.78 is 27.3. The Morgan fingerprint density at radius 3 is 2.71 bits per heavy atom. The number of benzene rings is 1. The van der Waals surface area contributed by atoms with Crippen molar-refractivity contribution in [3.63, 3.8) is 0 Å². The second-order valence-corrected chi connectivity index (χ2v) is 12.9. The normalized spacial score (nSPS) is 24.6. The maximum Gasteiger partial charge on any atom is 0.407 e. The first-order valence-corrected chi connectivity index (χ1v) is 14.7. The molecule has 2 aromatic rings. The number of rotatable bonds is 6. The Labute approximate surface area is 236 Å². The molecule has 208 valence electrons. The van der Waals surface area contributed by atoms with Crippen molar-refractivity contribution >= 4 is 50.3 Å². The van der Waals surface area contributed by atoms with Gasteiger partial charge in [-0.15, -0.1) is 0 Å². The smallest absolute Gasteiger partial charge is 0.407 e. The Kier molecular flexibility index (Phi) is 7.95. The summed E-state index contributed by atoms with van der Waals surface area (Å²) >= 11 is 9.64. The van der Waals surface area contributed by atoms with Crippen molar-refractivity contribution in [2.45, 2.75) is 96.1 Å². The highest BCUT2D eigenvalue weighted by atomic mass is 79.9. The number of carbonyl (C=O) groups is 1. The van der Waals surface area contributed by atoms with Crippen molar-refractivity contribution < 1.29 is 18.7 Å². The lowest BCUT2D eigenvalue weighted by molar-refractivity contribution is 0.0497. The summed E-state index contributed by atoms with van der Waals surface area (Å²) in [5.41, 5.74) is -0.419. The lowest BCUT2D eigenvalue weighted by Crippen LogP contribution is -2.46. The first-order valence-electron chi connectivity index (χ1n) is 13.5. The van der Waals surface area contributed by atoms with Crippen LogP contribution in [0.25, 0.3) is 10.9 Å². The fraction of sp³-hybridized carbons (Fsp3) is 0.667. The standard InChI is InChI=1S/C27H36BrClFN5O3/c1-15(14-34-10-6-5-7-11-34)37-25-32-23-17(13-18(29)21(28)22(23)30)24(33-25)35-16-8-9-20(35)19(12-16)31-26(36)38-27(2,3)4/h13,15-16,19-20H,5-12,14H2,1-4H3,(H,31,36). The first-order chi connectivity index (χ1) is 18.0. The van der Waals surface area contributed by atoms with Crippen molar-refractivity contribution in [3.8, 4) is 6.01 Å². The largest absolute Gasteiger partial charge is 0.459 e. The van der Waals surface area contributed by atoms with Crippen molar-refractivity contribution in [2.24, 2.45) is 0 Å². The van der Waals surface area contributed by atoms with E-state index in [2.05, 4.69) is 36.0 Å². The molecular weight excluding hydrogens is 577 g/mol. The number of hydrogen-bond donors (Lipinski definition) is 1. The van der Waals surface area contributed by atoms with E-state index in [1.54, 1.807) is 6.07 Å². The van der Waals surface area contributed by atoms with Gasteiger partial charge in [0.25, 0.3) is 0 Å². The number of alkyl carbamates (subject to hydrolysis) is 1. The van der Waals surface area contributed by atoms with Crippen LogP contribution in [0.1, 0.15) is 66.2 Å². The second kappa shape index (κ2) is 10.9. The number of fused-ring (bicyclic) bond motifs is 3. The van der Waals surface area contributed by atoms with Gasteiger partial charge in [0, 0.05) is 18.0 Å². The first kappa shape index (κ1) is 27.6. The summed E-state index contributed by atoms with van der Waals surface area (Å²) in [6, 6.07) is 1.88. The molecule has 3 saturated heterocycles. The number of aromatic nitrogens is 2. The lowest BCUT2D eigenvalue weighted by Gasteiger charge is -2.30. The maximum absolute atomic E-state index is 15.5. The molecule has 3 aliphatic rings. The molecule has 4 heterocycles. The number of likely N-dealkylation sites (tertiary alicyclic amines) is 1. The summed E-state index contributed by atoms with van der Waals surface area (Å²) in [5, 5.41) is 3.83. The molecule has 11 heteroatoms. The van der Waals surface area contributed by atoms with Gasteiger partial charge in [0.1, 0.15) is 23.0 Å². The molecule has 8 nitrogen and oxygen atoms in total. The third-order valence-corrected chi connectivity index (χ3v) is 8.84. The zero-order chi connectivity index (χ0) is 27.2. The molecule has 1 amide bonds. The zero-order valence-electron chi connectivity index (χ0n) is 22.4. The molecule has 4 atom stereocenters. The number of nitrogens with zero attached hydrogens (tertiary/aromatic N) is 4. The molecule has 3 aliphatic heterocycles. The zero-order valence-corrected chi connectivity index (χ0v) is 24.7. The molecule has 2 bridgehead atoms. The van der Waals surface area contributed by atoms with E-state index in [0.29, 0.717) is 11.2 Å². The summed E-state index contributed by atoms with van der Waals surface area (Å²) in [5.74, 6) is 0.0455. The van der Waals surface area contributed by atoms with Crippen LogP contribution in [-0.4, -0.2) is 70.4 Å². The molecule has 5 rings (SSSR count). The van der Waals surface area contributed by atoms with Gasteiger partial charge in [0.05, 0.1) is 21.6 Å². The van der Waals surface area contributed by atoms with E-state index >= 15 is 4.39 Å². The Hall–Kier alpha value is -1.91. The van der Waals surface area contributed by atoms with E-state index in [-0.39, 0.29) is 45.3 Å². The van der Waals surface area contributed by atoms with Crippen LogP contribution in [0, 0.1) is 5.82 Å². The van der Waals surface area contributed by atoms with Gasteiger partial charge in [-0.05, 0) is 94.9 Å². The van der Waals surface area contributed by atoms with E-state index < -0.39 is 17.5 Å².